The Morgan fingerprint density at radius 2 is 2.32 bits per heavy atom. The number of nitro groups is 1. The molecule has 0 spiro atoms. The molecule has 1 atom stereocenters. The van der Waals surface area contributed by atoms with Gasteiger partial charge in [-0.2, -0.15) is 0 Å². The first kappa shape index (κ1) is 13.8. The van der Waals surface area contributed by atoms with Crippen LogP contribution in [0.15, 0.2) is 18.3 Å². The average molecular weight is 263 g/mol. The molecule has 19 heavy (non-hydrogen) atoms. The van der Waals surface area contributed by atoms with Crippen LogP contribution >= 0.6 is 0 Å². The molecule has 1 aliphatic rings. The van der Waals surface area contributed by atoms with E-state index in [2.05, 4.69) is 23.7 Å². The fourth-order valence-electron chi connectivity index (χ4n) is 2.82. The van der Waals surface area contributed by atoms with Gasteiger partial charge in [-0.3, -0.25) is 10.1 Å². The minimum atomic E-state index is -0.330. The lowest BCUT2D eigenvalue weighted by atomic mass is 9.94. The van der Waals surface area contributed by atoms with Gasteiger partial charge in [0.15, 0.2) is 0 Å². The van der Waals surface area contributed by atoms with Crippen LogP contribution in [0.3, 0.4) is 0 Å². The fraction of sp³-hybridized carbons (Fsp3) is 0.643. The Kier molecular flexibility index (Phi) is 4.35. The van der Waals surface area contributed by atoms with Gasteiger partial charge < -0.3 is 4.90 Å². The molecule has 1 fully saturated rings. The van der Waals surface area contributed by atoms with Crippen molar-refractivity contribution in [3.05, 3.63) is 28.4 Å². The molecular formula is C14H21N3O2. The average Bonchev–Trinajstić information content (AvgIpc) is 2.38. The van der Waals surface area contributed by atoms with Crippen molar-refractivity contribution in [3.63, 3.8) is 0 Å². The summed E-state index contributed by atoms with van der Waals surface area (Å²) in [7, 11) is 0. The Labute approximate surface area is 113 Å². The lowest BCUT2D eigenvalue weighted by Gasteiger charge is -2.37. The van der Waals surface area contributed by atoms with E-state index in [-0.39, 0.29) is 10.6 Å². The molecule has 0 amide bonds. The summed E-state index contributed by atoms with van der Waals surface area (Å²) in [6, 6.07) is 3.55. The normalized spacial score (nSPS) is 19.7. The zero-order chi connectivity index (χ0) is 13.8. The van der Waals surface area contributed by atoms with E-state index in [1.807, 2.05) is 0 Å². The lowest BCUT2D eigenvalue weighted by molar-refractivity contribution is -0.384. The Balaban J connectivity index is 2.29. The molecule has 0 bridgehead atoms. The van der Waals surface area contributed by atoms with Gasteiger partial charge in [-0.05, 0) is 37.7 Å². The van der Waals surface area contributed by atoms with Crippen LogP contribution in [0.25, 0.3) is 0 Å². The molecule has 2 rings (SSSR count). The highest BCUT2D eigenvalue weighted by molar-refractivity contribution is 5.58. The zero-order valence-corrected chi connectivity index (χ0v) is 11.6. The summed E-state index contributed by atoms with van der Waals surface area (Å²) in [6.07, 6.45) is 6.10. The minimum absolute atomic E-state index is 0.123. The summed E-state index contributed by atoms with van der Waals surface area (Å²) >= 11 is 0. The molecule has 5 nitrogen and oxygen atoms in total. The van der Waals surface area contributed by atoms with Crippen LogP contribution in [0.2, 0.25) is 0 Å². The van der Waals surface area contributed by atoms with E-state index in [9.17, 15) is 10.1 Å². The monoisotopic (exact) mass is 263 g/mol. The van der Waals surface area contributed by atoms with Gasteiger partial charge in [-0.1, -0.05) is 13.8 Å². The molecule has 1 saturated heterocycles. The van der Waals surface area contributed by atoms with Gasteiger partial charge in [-0.25, -0.2) is 4.98 Å². The molecule has 0 aliphatic carbocycles. The van der Waals surface area contributed by atoms with Crippen LogP contribution in [-0.4, -0.2) is 22.5 Å². The van der Waals surface area contributed by atoms with Gasteiger partial charge >= 0.3 is 5.69 Å². The van der Waals surface area contributed by atoms with Gasteiger partial charge in [0.1, 0.15) is 0 Å². The van der Waals surface area contributed by atoms with E-state index in [0.29, 0.717) is 17.8 Å². The van der Waals surface area contributed by atoms with Crippen molar-refractivity contribution in [1.29, 1.82) is 0 Å². The molecule has 0 N–H and O–H groups in total. The Morgan fingerprint density at radius 1 is 1.53 bits per heavy atom. The molecule has 5 heteroatoms. The highest BCUT2D eigenvalue weighted by Crippen LogP contribution is 2.32. The number of rotatable bonds is 4. The van der Waals surface area contributed by atoms with Crippen LogP contribution in [0.5, 0.6) is 0 Å². The van der Waals surface area contributed by atoms with Gasteiger partial charge in [0.2, 0.25) is 5.82 Å². The summed E-state index contributed by atoms with van der Waals surface area (Å²) in [5.74, 6) is 1.13. The van der Waals surface area contributed by atoms with Crippen molar-refractivity contribution in [2.75, 3.05) is 11.4 Å². The summed E-state index contributed by atoms with van der Waals surface area (Å²) in [5, 5.41) is 11.1. The Hall–Kier alpha value is -1.65. The molecule has 0 saturated carbocycles. The third kappa shape index (κ3) is 3.22. The maximum atomic E-state index is 11.1. The summed E-state index contributed by atoms with van der Waals surface area (Å²) in [5.41, 5.74) is 0.123. The molecule has 1 aliphatic heterocycles. The van der Waals surface area contributed by atoms with E-state index in [0.717, 1.165) is 25.8 Å². The van der Waals surface area contributed by atoms with Crippen molar-refractivity contribution in [2.24, 2.45) is 5.92 Å². The van der Waals surface area contributed by atoms with Crippen molar-refractivity contribution < 1.29 is 4.92 Å². The van der Waals surface area contributed by atoms with Crippen LogP contribution in [0.4, 0.5) is 11.5 Å². The summed E-state index contributed by atoms with van der Waals surface area (Å²) in [6.45, 7) is 5.26. The first-order chi connectivity index (χ1) is 9.09. The van der Waals surface area contributed by atoms with E-state index in [4.69, 9.17) is 0 Å². The number of hydrogen-bond donors (Lipinski definition) is 0. The van der Waals surface area contributed by atoms with Gasteiger partial charge in [0.05, 0.1) is 4.92 Å². The molecule has 0 aromatic carbocycles. The number of pyridine rings is 1. The smallest absolute Gasteiger partial charge is 0.311 e. The van der Waals surface area contributed by atoms with Gasteiger partial charge in [0, 0.05) is 24.8 Å². The van der Waals surface area contributed by atoms with Gasteiger partial charge in [0.25, 0.3) is 0 Å². The van der Waals surface area contributed by atoms with Crippen molar-refractivity contribution in [1.82, 2.24) is 4.98 Å². The molecule has 1 aromatic heterocycles. The van der Waals surface area contributed by atoms with Crippen LogP contribution in [0.1, 0.15) is 39.5 Å². The third-order valence-electron chi connectivity index (χ3n) is 3.61. The van der Waals surface area contributed by atoms with Crippen molar-refractivity contribution in [3.8, 4) is 0 Å². The highest BCUT2D eigenvalue weighted by Gasteiger charge is 2.29. The standard InChI is InChI=1S/C14H21N3O2/c1-11(2)10-12-6-3-4-9-16(12)14-13(17(18)19)7-5-8-15-14/h5,7-8,11-12H,3-4,6,9-10H2,1-2H3. The predicted molar refractivity (Wildman–Crippen MR) is 75.3 cm³/mol. The number of aromatic nitrogens is 1. The van der Waals surface area contributed by atoms with Crippen molar-refractivity contribution >= 4 is 11.5 Å². The third-order valence-corrected chi connectivity index (χ3v) is 3.61. The first-order valence-electron chi connectivity index (χ1n) is 6.95. The predicted octanol–water partition coefficient (Wildman–Crippen LogP) is 3.39. The number of anilines is 1. The van der Waals surface area contributed by atoms with E-state index < -0.39 is 0 Å². The SMILES string of the molecule is CC(C)CC1CCCCN1c1ncccc1[N+](=O)[O-]. The quantitative estimate of drug-likeness (QED) is 0.617. The zero-order valence-electron chi connectivity index (χ0n) is 11.6. The second-order valence-electron chi connectivity index (χ2n) is 5.58. The summed E-state index contributed by atoms with van der Waals surface area (Å²) < 4.78 is 0. The van der Waals surface area contributed by atoms with Crippen molar-refractivity contribution in [2.45, 2.75) is 45.6 Å². The topological polar surface area (TPSA) is 59.3 Å². The number of nitrogens with zero attached hydrogens (tertiary/aromatic N) is 3. The second-order valence-corrected chi connectivity index (χ2v) is 5.58. The number of piperidine rings is 1. The molecular weight excluding hydrogens is 242 g/mol. The number of hydrogen-bond acceptors (Lipinski definition) is 4. The van der Waals surface area contributed by atoms with E-state index in [1.165, 1.54) is 6.42 Å². The first-order valence-corrected chi connectivity index (χ1v) is 6.95. The highest BCUT2D eigenvalue weighted by atomic mass is 16.6. The minimum Gasteiger partial charge on any atom is -0.348 e. The van der Waals surface area contributed by atoms with Gasteiger partial charge in [-0.15, -0.1) is 0 Å². The van der Waals surface area contributed by atoms with E-state index in [1.54, 1.807) is 18.3 Å². The van der Waals surface area contributed by atoms with Crippen LogP contribution < -0.4 is 4.90 Å². The second kappa shape index (κ2) is 5.99. The van der Waals surface area contributed by atoms with E-state index >= 15 is 0 Å². The molecule has 104 valence electrons. The summed E-state index contributed by atoms with van der Waals surface area (Å²) in [4.78, 5) is 17.2. The molecule has 1 unspecified atom stereocenters. The fourth-order valence-corrected chi connectivity index (χ4v) is 2.82. The molecule has 1 aromatic rings. The Bertz CT molecular complexity index is 448. The van der Waals surface area contributed by atoms with Crippen LogP contribution in [0, 0.1) is 16.0 Å². The molecule has 2 heterocycles. The lowest BCUT2D eigenvalue weighted by Crippen LogP contribution is -2.41. The Morgan fingerprint density at radius 3 is 3.00 bits per heavy atom. The van der Waals surface area contributed by atoms with Crippen LogP contribution in [-0.2, 0) is 0 Å². The molecule has 0 radical (unpaired) electrons. The maximum Gasteiger partial charge on any atom is 0.311 e. The maximum absolute atomic E-state index is 11.1. The largest absolute Gasteiger partial charge is 0.348 e.